The molecule has 0 saturated heterocycles. The number of hydrogen-bond acceptors (Lipinski definition) is 3. The van der Waals surface area contributed by atoms with Gasteiger partial charge in [-0.1, -0.05) is 0 Å². The average molecular weight is 327 g/mol. The highest BCUT2D eigenvalue weighted by molar-refractivity contribution is 9.10. The predicted molar refractivity (Wildman–Crippen MR) is 73.2 cm³/mol. The topological polar surface area (TPSA) is 85.4 Å². The van der Waals surface area contributed by atoms with Gasteiger partial charge in [0.25, 0.3) is 5.69 Å². The summed E-state index contributed by atoms with van der Waals surface area (Å²) in [5, 5.41) is 20.4. The first-order chi connectivity index (χ1) is 8.91. The first kappa shape index (κ1) is 13.5. The Balaban J connectivity index is 2.67. The molecule has 2 aromatic rings. The van der Waals surface area contributed by atoms with Crippen molar-refractivity contribution >= 4 is 38.5 Å². The molecule has 0 radical (unpaired) electrons. The van der Waals surface area contributed by atoms with Crippen LogP contribution in [0.4, 0.5) is 5.69 Å². The zero-order valence-corrected chi connectivity index (χ0v) is 11.7. The Morgan fingerprint density at radius 1 is 1.53 bits per heavy atom. The zero-order chi connectivity index (χ0) is 14.2. The number of fused-ring (bicyclic) bond motifs is 1. The molecule has 0 bridgehead atoms. The molecule has 2 rings (SSSR count). The van der Waals surface area contributed by atoms with E-state index in [4.69, 9.17) is 5.11 Å². The highest BCUT2D eigenvalue weighted by atomic mass is 79.9. The molecule has 100 valence electrons. The molecule has 0 fully saturated rings. The number of hydrogen-bond donors (Lipinski definition) is 1. The number of carboxylic acid groups (broad SMARTS) is 1. The smallest absolute Gasteiger partial charge is 0.303 e. The van der Waals surface area contributed by atoms with Gasteiger partial charge in [-0.05, 0) is 40.0 Å². The van der Waals surface area contributed by atoms with E-state index in [9.17, 15) is 14.9 Å². The van der Waals surface area contributed by atoms with Gasteiger partial charge < -0.3 is 9.67 Å². The summed E-state index contributed by atoms with van der Waals surface area (Å²) < 4.78 is 2.17. The van der Waals surface area contributed by atoms with Gasteiger partial charge >= 0.3 is 5.97 Å². The van der Waals surface area contributed by atoms with Gasteiger partial charge in [-0.3, -0.25) is 14.9 Å². The van der Waals surface area contributed by atoms with Gasteiger partial charge in [0.2, 0.25) is 0 Å². The number of nitrogens with zero attached hydrogens (tertiary/aromatic N) is 2. The molecular formula is C12H11BrN2O4. The Hall–Kier alpha value is -1.89. The molecule has 1 heterocycles. The van der Waals surface area contributed by atoms with Gasteiger partial charge in [0, 0.05) is 19.7 Å². The monoisotopic (exact) mass is 326 g/mol. The zero-order valence-electron chi connectivity index (χ0n) is 10.1. The van der Waals surface area contributed by atoms with Crippen molar-refractivity contribution in [3.8, 4) is 0 Å². The highest BCUT2D eigenvalue weighted by Gasteiger charge is 2.22. The summed E-state index contributed by atoms with van der Waals surface area (Å²) in [5.74, 6) is -0.922. The minimum atomic E-state index is -0.922. The number of aromatic nitrogens is 1. The van der Waals surface area contributed by atoms with Crippen LogP contribution in [0.25, 0.3) is 10.9 Å². The van der Waals surface area contributed by atoms with Crippen molar-refractivity contribution in [2.75, 3.05) is 0 Å². The number of nitro groups is 1. The third-order valence-corrected chi connectivity index (χ3v) is 3.59. The third kappa shape index (κ3) is 2.46. The fourth-order valence-corrected chi connectivity index (χ4v) is 2.62. The van der Waals surface area contributed by atoms with Crippen molar-refractivity contribution < 1.29 is 14.8 Å². The lowest BCUT2D eigenvalue weighted by atomic mass is 10.1. The van der Waals surface area contributed by atoms with Crippen LogP contribution in [0.2, 0.25) is 0 Å². The standard InChI is InChI=1S/C12H11BrN2O4/c1-14-6-7(2-5-10(16)17)11-9(14)4-3-8(13)12(11)15(18)19/h3-4,6H,2,5H2,1H3,(H,16,17). The number of benzene rings is 1. The van der Waals surface area contributed by atoms with Crippen LogP contribution in [0.1, 0.15) is 12.0 Å². The number of carboxylic acids is 1. The Morgan fingerprint density at radius 2 is 2.21 bits per heavy atom. The van der Waals surface area contributed by atoms with Gasteiger partial charge in [0.15, 0.2) is 0 Å². The van der Waals surface area contributed by atoms with Crippen molar-refractivity contribution in [3.05, 3.63) is 38.5 Å². The van der Waals surface area contributed by atoms with Crippen molar-refractivity contribution in [2.45, 2.75) is 12.8 Å². The van der Waals surface area contributed by atoms with E-state index in [1.165, 1.54) is 0 Å². The number of aliphatic carboxylic acids is 1. The Labute approximate surface area is 116 Å². The summed E-state index contributed by atoms with van der Waals surface area (Å²) in [6, 6.07) is 3.40. The SMILES string of the molecule is Cn1cc(CCC(=O)O)c2c([N+](=O)[O-])c(Br)ccc21. The van der Waals surface area contributed by atoms with Crippen LogP contribution in [0.3, 0.4) is 0 Å². The molecule has 0 spiro atoms. The van der Waals surface area contributed by atoms with Crippen LogP contribution >= 0.6 is 15.9 Å². The molecule has 0 saturated carbocycles. The van der Waals surface area contributed by atoms with E-state index in [0.29, 0.717) is 15.4 Å². The van der Waals surface area contributed by atoms with Crippen molar-refractivity contribution in [3.63, 3.8) is 0 Å². The highest BCUT2D eigenvalue weighted by Crippen LogP contribution is 2.36. The first-order valence-corrected chi connectivity index (χ1v) is 6.33. The maximum atomic E-state index is 11.2. The Kier molecular flexibility index (Phi) is 3.57. The molecule has 1 N–H and O–H groups in total. The molecule has 7 heteroatoms. The second-order valence-electron chi connectivity index (χ2n) is 4.21. The molecule has 19 heavy (non-hydrogen) atoms. The maximum absolute atomic E-state index is 11.2. The third-order valence-electron chi connectivity index (χ3n) is 2.95. The molecule has 0 aliphatic rings. The van der Waals surface area contributed by atoms with E-state index < -0.39 is 10.9 Å². The second kappa shape index (κ2) is 5.00. The molecule has 6 nitrogen and oxygen atoms in total. The van der Waals surface area contributed by atoms with Crippen LogP contribution in [0, 0.1) is 10.1 Å². The van der Waals surface area contributed by atoms with Gasteiger partial charge in [0.05, 0.1) is 20.3 Å². The summed E-state index contributed by atoms with van der Waals surface area (Å²) in [5.41, 5.74) is 1.38. The lowest BCUT2D eigenvalue weighted by Crippen LogP contribution is -1.98. The molecule has 1 aromatic heterocycles. The summed E-state index contributed by atoms with van der Waals surface area (Å²) in [6.07, 6.45) is 1.96. The molecule has 0 aliphatic carbocycles. The fourth-order valence-electron chi connectivity index (χ4n) is 2.14. The second-order valence-corrected chi connectivity index (χ2v) is 5.06. The Bertz CT molecular complexity index is 678. The lowest BCUT2D eigenvalue weighted by Gasteiger charge is -2.01. The molecule has 1 aromatic carbocycles. The first-order valence-electron chi connectivity index (χ1n) is 5.54. The average Bonchev–Trinajstić information content (AvgIpc) is 2.63. The van der Waals surface area contributed by atoms with Crippen molar-refractivity contribution in [2.24, 2.45) is 7.05 Å². The van der Waals surface area contributed by atoms with E-state index in [0.717, 1.165) is 5.52 Å². The molecule has 0 atom stereocenters. The minimum absolute atomic E-state index is 0.0153. The maximum Gasteiger partial charge on any atom is 0.303 e. The summed E-state index contributed by atoms with van der Waals surface area (Å²) in [4.78, 5) is 21.4. The van der Waals surface area contributed by atoms with E-state index in [-0.39, 0.29) is 18.5 Å². The number of rotatable bonds is 4. The van der Waals surface area contributed by atoms with Gasteiger partial charge in [-0.2, -0.15) is 0 Å². The quantitative estimate of drug-likeness (QED) is 0.691. The molecular weight excluding hydrogens is 316 g/mol. The molecule has 0 amide bonds. The van der Waals surface area contributed by atoms with Crippen LogP contribution in [-0.4, -0.2) is 20.6 Å². The minimum Gasteiger partial charge on any atom is -0.481 e. The van der Waals surface area contributed by atoms with Gasteiger partial charge in [0.1, 0.15) is 0 Å². The normalized spacial score (nSPS) is 10.8. The summed E-state index contributed by atoms with van der Waals surface area (Å²) in [7, 11) is 1.78. The molecule has 0 aliphatic heterocycles. The lowest BCUT2D eigenvalue weighted by molar-refractivity contribution is -0.383. The van der Waals surface area contributed by atoms with Gasteiger partial charge in [-0.25, -0.2) is 0 Å². The number of aryl methyl sites for hydroxylation is 2. The summed E-state index contributed by atoms with van der Waals surface area (Å²) >= 11 is 3.17. The largest absolute Gasteiger partial charge is 0.481 e. The van der Waals surface area contributed by atoms with E-state index in [2.05, 4.69) is 15.9 Å². The van der Waals surface area contributed by atoms with Crippen LogP contribution in [-0.2, 0) is 18.3 Å². The number of nitro benzene ring substituents is 1. The van der Waals surface area contributed by atoms with Crippen LogP contribution in [0.5, 0.6) is 0 Å². The van der Waals surface area contributed by atoms with Gasteiger partial charge in [-0.15, -0.1) is 0 Å². The van der Waals surface area contributed by atoms with Crippen LogP contribution in [0.15, 0.2) is 22.8 Å². The summed E-state index contributed by atoms with van der Waals surface area (Å²) in [6.45, 7) is 0. The molecule has 0 unspecified atom stereocenters. The van der Waals surface area contributed by atoms with E-state index in [1.807, 2.05) is 0 Å². The van der Waals surface area contributed by atoms with Crippen molar-refractivity contribution in [1.29, 1.82) is 0 Å². The predicted octanol–water partition coefficient (Wildman–Crippen LogP) is 2.87. The number of halogens is 1. The fraction of sp³-hybridized carbons (Fsp3) is 0.250. The number of carbonyl (C=O) groups is 1. The van der Waals surface area contributed by atoms with E-state index >= 15 is 0 Å². The van der Waals surface area contributed by atoms with Crippen LogP contribution < -0.4 is 0 Å². The van der Waals surface area contributed by atoms with E-state index in [1.54, 1.807) is 29.9 Å². The Morgan fingerprint density at radius 3 is 2.79 bits per heavy atom. The van der Waals surface area contributed by atoms with Crippen molar-refractivity contribution in [1.82, 2.24) is 4.57 Å².